The third-order valence-corrected chi connectivity index (χ3v) is 5.29. The Bertz CT molecular complexity index is 627. The van der Waals surface area contributed by atoms with Crippen LogP contribution in [0.1, 0.15) is 32.1 Å². The van der Waals surface area contributed by atoms with Crippen LogP contribution in [0.25, 0.3) is 10.9 Å². The van der Waals surface area contributed by atoms with Crippen LogP contribution < -0.4 is 9.47 Å². The summed E-state index contributed by atoms with van der Waals surface area (Å²) in [7, 11) is 3.30. The summed E-state index contributed by atoms with van der Waals surface area (Å²) in [6, 6.07) is 3.90. The summed E-state index contributed by atoms with van der Waals surface area (Å²) in [5.41, 5.74) is 0.904. The van der Waals surface area contributed by atoms with Gasteiger partial charge in [0.05, 0.1) is 19.7 Å². The average molecular weight is 304 g/mol. The van der Waals surface area contributed by atoms with Gasteiger partial charge in [-0.1, -0.05) is 19.3 Å². The second-order valence-corrected chi connectivity index (χ2v) is 6.57. The Morgan fingerprint density at radius 1 is 1.00 bits per heavy atom. The lowest BCUT2D eigenvalue weighted by molar-refractivity contribution is 0.355. The van der Waals surface area contributed by atoms with Crippen molar-refractivity contribution in [2.75, 3.05) is 14.2 Å². The Balaban J connectivity index is 1.97. The summed E-state index contributed by atoms with van der Waals surface area (Å²) in [6.45, 7) is 0. The monoisotopic (exact) mass is 304 g/mol. The van der Waals surface area contributed by atoms with Crippen molar-refractivity contribution in [3.63, 3.8) is 0 Å². The molecular weight excluding hydrogens is 284 g/mol. The first-order valence-electron chi connectivity index (χ1n) is 7.35. The summed E-state index contributed by atoms with van der Waals surface area (Å²) in [6.07, 6.45) is 8.23. The Morgan fingerprint density at radius 3 is 2.43 bits per heavy atom. The quantitative estimate of drug-likeness (QED) is 0.797. The van der Waals surface area contributed by atoms with Gasteiger partial charge in [-0.2, -0.15) is 0 Å². The lowest BCUT2D eigenvalue weighted by Crippen LogP contribution is -2.08. The minimum Gasteiger partial charge on any atom is -0.493 e. The zero-order valence-electron chi connectivity index (χ0n) is 12.5. The molecule has 0 aliphatic heterocycles. The number of hydrogen-bond donors (Lipinski definition) is 0. The van der Waals surface area contributed by atoms with Crippen LogP contribution >= 0.6 is 11.8 Å². The maximum Gasteiger partial charge on any atom is 0.162 e. The molecule has 0 amide bonds. The molecule has 21 heavy (non-hydrogen) atoms. The predicted molar refractivity (Wildman–Crippen MR) is 85.4 cm³/mol. The molecule has 1 fully saturated rings. The van der Waals surface area contributed by atoms with Gasteiger partial charge >= 0.3 is 0 Å². The van der Waals surface area contributed by atoms with E-state index < -0.39 is 0 Å². The minimum absolute atomic E-state index is 0.671. The van der Waals surface area contributed by atoms with Crippen LogP contribution in [0.3, 0.4) is 0 Å². The van der Waals surface area contributed by atoms with Crippen molar-refractivity contribution in [2.45, 2.75) is 42.4 Å². The van der Waals surface area contributed by atoms with Gasteiger partial charge in [-0.15, -0.1) is 11.8 Å². The SMILES string of the molecule is COc1cc2ncnc(SC3CCCCC3)c2cc1OC. The van der Waals surface area contributed by atoms with Gasteiger partial charge in [0.15, 0.2) is 11.5 Å². The van der Waals surface area contributed by atoms with Crippen molar-refractivity contribution in [2.24, 2.45) is 0 Å². The molecule has 1 aromatic heterocycles. The molecule has 0 bridgehead atoms. The number of hydrogen-bond acceptors (Lipinski definition) is 5. The zero-order chi connectivity index (χ0) is 14.7. The Morgan fingerprint density at radius 2 is 1.71 bits per heavy atom. The molecule has 0 unspecified atom stereocenters. The van der Waals surface area contributed by atoms with E-state index in [2.05, 4.69) is 9.97 Å². The molecule has 1 aromatic carbocycles. The fraction of sp³-hybridized carbons (Fsp3) is 0.500. The summed E-state index contributed by atoms with van der Waals surface area (Å²) in [5, 5.41) is 2.77. The number of ether oxygens (including phenoxy) is 2. The van der Waals surface area contributed by atoms with Crippen molar-refractivity contribution in [1.29, 1.82) is 0 Å². The first kappa shape index (κ1) is 14.4. The highest BCUT2D eigenvalue weighted by Gasteiger charge is 2.18. The first-order valence-corrected chi connectivity index (χ1v) is 8.23. The molecule has 4 nitrogen and oxygen atoms in total. The third-order valence-electron chi connectivity index (χ3n) is 3.93. The van der Waals surface area contributed by atoms with E-state index >= 15 is 0 Å². The average Bonchev–Trinajstić information content (AvgIpc) is 2.55. The van der Waals surface area contributed by atoms with E-state index in [9.17, 15) is 0 Å². The van der Waals surface area contributed by atoms with Crippen LogP contribution in [0.15, 0.2) is 23.5 Å². The first-order chi connectivity index (χ1) is 10.3. The molecule has 5 heteroatoms. The van der Waals surface area contributed by atoms with Crippen LogP contribution in [-0.4, -0.2) is 29.4 Å². The molecule has 2 aromatic rings. The van der Waals surface area contributed by atoms with Crippen LogP contribution in [-0.2, 0) is 0 Å². The van der Waals surface area contributed by atoms with Gasteiger partial charge in [-0.3, -0.25) is 0 Å². The van der Waals surface area contributed by atoms with E-state index in [0.29, 0.717) is 11.0 Å². The Kier molecular flexibility index (Phi) is 4.48. The summed E-state index contributed by atoms with van der Waals surface area (Å²) in [5.74, 6) is 1.43. The molecular formula is C16H20N2O2S. The van der Waals surface area contributed by atoms with E-state index in [1.807, 2.05) is 23.9 Å². The van der Waals surface area contributed by atoms with Crippen LogP contribution in [0.2, 0.25) is 0 Å². The molecule has 0 atom stereocenters. The van der Waals surface area contributed by atoms with Gasteiger partial charge in [0.2, 0.25) is 0 Å². The van der Waals surface area contributed by atoms with Crippen molar-refractivity contribution < 1.29 is 9.47 Å². The minimum atomic E-state index is 0.671. The van der Waals surface area contributed by atoms with Crippen molar-refractivity contribution >= 4 is 22.7 Å². The summed E-state index contributed by atoms with van der Waals surface area (Å²) >= 11 is 1.88. The molecule has 3 rings (SSSR count). The topological polar surface area (TPSA) is 44.2 Å². The largest absolute Gasteiger partial charge is 0.493 e. The fourth-order valence-corrected chi connectivity index (χ4v) is 4.08. The number of methoxy groups -OCH3 is 2. The number of fused-ring (bicyclic) bond motifs is 1. The highest BCUT2D eigenvalue weighted by atomic mass is 32.2. The molecule has 0 spiro atoms. The van der Waals surface area contributed by atoms with Gasteiger partial charge in [0, 0.05) is 16.7 Å². The zero-order valence-corrected chi connectivity index (χ0v) is 13.3. The smallest absolute Gasteiger partial charge is 0.162 e. The third kappa shape index (κ3) is 3.07. The molecule has 112 valence electrons. The van der Waals surface area contributed by atoms with Crippen molar-refractivity contribution in [3.05, 3.63) is 18.5 Å². The highest BCUT2D eigenvalue weighted by Crippen LogP contribution is 2.38. The van der Waals surface area contributed by atoms with Crippen LogP contribution in [0, 0.1) is 0 Å². The number of benzene rings is 1. The second kappa shape index (κ2) is 6.52. The maximum absolute atomic E-state index is 5.40. The van der Waals surface area contributed by atoms with Crippen molar-refractivity contribution in [3.8, 4) is 11.5 Å². The van der Waals surface area contributed by atoms with E-state index in [1.165, 1.54) is 32.1 Å². The number of rotatable bonds is 4. The molecule has 0 saturated heterocycles. The Labute approximate surface area is 129 Å². The van der Waals surface area contributed by atoms with Crippen LogP contribution in [0.4, 0.5) is 0 Å². The summed E-state index contributed by atoms with van der Waals surface area (Å²) in [4.78, 5) is 8.85. The van der Waals surface area contributed by atoms with Crippen molar-refractivity contribution in [1.82, 2.24) is 9.97 Å². The number of aromatic nitrogens is 2. The molecule has 0 radical (unpaired) electrons. The van der Waals surface area contributed by atoms with E-state index in [-0.39, 0.29) is 0 Å². The second-order valence-electron chi connectivity index (χ2n) is 5.28. The number of thioether (sulfide) groups is 1. The molecule has 0 N–H and O–H groups in total. The summed E-state index contributed by atoms with van der Waals surface area (Å²) < 4.78 is 10.7. The van der Waals surface area contributed by atoms with E-state index in [0.717, 1.165) is 21.7 Å². The highest BCUT2D eigenvalue weighted by molar-refractivity contribution is 8.00. The Hall–Kier alpha value is -1.49. The normalized spacial score (nSPS) is 16.1. The fourth-order valence-electron chi connectivity index (χ4n) is 2.79. The van der Waals surface area contributed by atoms with Gasteiger partial charge < -0.3 is 9.47 Å². The van der Waals surface area contributed by atoms with E-state index in [4.69, 9.17) is 9.47 Å². The molecule has 1 aliphatic carbocycles. The van der Waals surface area contributed by atoms with Gasteiger partial charge in [0.1, 0.15) is 11.4 Å². The number of nitrogens with zero attached hydrogens (tertiary/aromatic N) is 2. The van der Waals surface area contributed by atoms with Gasteiger partial charge in [-0.25, -0.2) is 9.97 Å². The van der Waals surface area contributed by atoms with Gasteiger partial charge in [0.25, 0.3) is 0 Å². The molecule has 1 heterocycles. The standard InChI is InChI=1S/C16H20N2O2S/c1-19-14-8-12-13(9-15(14)20-2)17-10-18-16(12)21-11-6-4-3-5-7-11/h8-11H,3-7H2,1-2H3. The van der Waals surface area contributed by atoms with Gasteiger partial charge in [-0.05, 0) is 18.9 Å². The predicted octanol–water partition coefficient (Wildman–Crippen LogP) is 4.07. The maximum atomic E-state index is 5.40. The lowest BCUT2D eigenvalue weighted by atomic mass is 10.0. The lowest BCUT2D eigenvalue weighted by Gasteiger charge is -2.21. The molecule has 1 saturated carbocycles. The van der Waals surface area contributed by atoms with E-state index in [1.54, 1.807) is 20.5 Å². The molecule has 1 aliphatic rings. The van der Waals surface area contributed by atoms with Crippen LogP contribution in [0.5, 0.6) is 11.5 Å².